The average Bonchev–Trinajstić information content (AvgIpc) is 3.35. The van der Waals surface area contributed by atoms with Crippen molar-refractivity contribution < 1.29 is 66.6 Å². The molecule has 0 N–H and O–H groups in total. The Labute approximate surface area is 386 Å². The van der Waals surface area contributed by atoms with Crippen molar-refractivity contribution in [2.45, 2.75) is 26.2 Å². The molecule has 0 saturated carbocycles. The second-order valence-electron chi connectivity index (χ2n) is 13.6. The van der Waals surface area contributed by atoms with Gasteiger partial charge < -0.3 is 42.6 Å². The summed E-state index contributed by atoms with van der Waals surface area (Å²) in [5, 5.41) is 0. The number of benzene rings is 4. The molecule has 0 bridgehead atoms. The third kappa shape index (κ3) is 21.5. The standard InChI is InChI=1S/C25H28O6.C22H22O6.C5H8O2/c1-5-23(26)30-17-15-28-21-11-7-19(8-12-21)25(3,4)20-9-13-22(14-10-20)29-16-18-31-24(27)6-2;1-3-21(23)27-15-13-25-19-9-5-17(6-10-19)18-7-11-20(12-8-18)26-14-16-28-22(24)4-2;1-3-5(6)7-4-2/h5-14H,1-2,15-18H2,3-4H3;3-12H,1-2,13-16H2;3H,1,4H2,2H3. The molecule has 0 unspecified atom stereocenters. The van der Waals surface area contributed by atoms with Crippen LogP contribution in [0.15, 0.2) is 160 Å². The number of esters is 5. The lowest BCUT2D eigenvalue weighted by atomic mass is 9.78. The van der Waals surface area contributed by atoms with Crippen LogP contribution in [0.2, 0.25) is 0 Å². The van der Waals surface area contributed by atoms with Gasteiger partial charge >= 0.3 is 29.8 Å². The smallest absolute Gasteiger partial charge is 0.330 e. The summed E-state index contributed by atoms with van der Waals surface area (Å²) in [6, 6.07) is 30.8. The Morgan fingerprint density at radius 2 is 0.606 bits per heavy atom. The summed E-state index contributed by atoms with van der Waals surface area (Å²) in [4.78, 5) is 54.0. The summed E-state index contributed by atoms with van der Waals surface area (Å²) in [7, 11) is 0. The van der Waals surface area contributed by atoms with E-state index >= 15 is 0 Å². The molecule has 0 aliphatic rings. The van der Waals surface area contributed by atoms with Crippen LogP contribution >= 0.6 is 0 Å². The minimum Gasteiger partial charge on any atom is -0.490 e. The fraction of sp³-hybridized carbons (Fsp3) is 0.250. The van der Waals surface area contributed by atoms with Gasteiger partial charge in [-0.15, -0.1) is 0 Å². The predicted molar refractivity (Wildman–Crippen MR) is 250 cm³/mol. The van der Waals surface area contributed by atoms with Crippen molar-refractivity contribution in [2.75, 3.05) is 59.5 Å². The molecule has 0 spiro atoms. The van der Waals surface area contributed by atoms with Crippen molar-refractivity contribution in [2.24, 2.45) is 0 Å². The third-order valence-electron chi connectivity index (χ3n) is 8.70. The zero-order chi connectivity index (χ0) is 48.6. The molecular formula is C52H58O14. The lowest BCUT2D eigenvalue weighted by Gasteiger charge is -2.26. The average molecular weight is 907 g/mol. The van der Waals surface area contributed by atoms with Crippen molar-refractivity contribution in [3.8, 4) is 34.1 Å². The Morgan fingerprint density at radius 1 is 0.379 bits per heavy atom. The molecule has 4 aromatic rings. The van der Waals surface area contributed by atoms with Gasteiger partial charge in [-0.05, 0) is 77.7 Å². The lowest BCUT2D eigenvalue weighted by Crippen LogP contribution is -2.19. The fourth-order valence-electron chi connectivity index (χ4n) is 5.23. The first-order chi connectivity index (χ1) is 31.8. The van der Waals surface area contributed by atoms with Crippen LogP contribution < -0.4 is 18.9 Å². The first-order valence-electron chi connectivity index (χ1n) is 20.7. The highest BCUT2D eigenvalue weighted by molar-refractivity contribution is 5.82. The monoisotopic (exact) mass is 906 g/mol. The zero-order valence-electron chi connectivity index (χ0n) is 37.7. The Bertz CT molecular complexity index is 2010. The van der Waals surface area contributed by atoms with Crippen LogP contribution in [0.5, 0.6) is 23.0 Å². The molecule has 0 saturated heterocycles. The largest absolute Gasteiger partial charge is 0.490 e. The molecule has 66 heavy (non-hydrogen) atoms. The summed E-state index contributed by atoms with van der Waals surface area (Å²) in [6.07, 6.45) is 5.61. The van der Waals surface area contributed by atoms with Gasteiger partial charge in [0.15, 0.2) is 0 Å². The van der Waals surface area contributed by atoms with Crippen molar-refractivity contribution in [1.82, 2.24) is 0 Å². The maximum atomic E-state index is 11.0. The van der Waals surface area contributed by atoms with E-state index in [9.17, 15) is 24.0 Å². The highest BCUT2D eigenvalue weighted by Gasteiger charge is 2.23. The Balaban J connectivity index is 0.000000397. The highest BCUT2D eigenvalue weighted by atomic mass is 16.6. The van der Waals surface area contributed by atoms with E-state index < -0.39 is 23.9 Å². The summed E-state index contributed by atoms with van der Waals surface area (Å²) in [6.45, 7) is 24.8. The van der Waals surface area contributed by atoms with Crippen molar-refractivity contribution >= 4 is 29.8 Å². The predicted octanol–water partition coefficient (Wildman–Crippen LogP) is 8.53. The zero-order valence-corrected chi connectivity index (χ0v) is 37.7. The topological polar surface area (TPSA) is 168 Å². The normalized spacial score (nSPS) is 9.98. The first kappa shape index (κ1) is 54.3. The highest BCUT2D eigenvalue weighted by Crippen LogP contribution is 2.33. The van der Waals surface area contributed by atoms with Crippen LogP contribution in [-0.4, -0.2) is 89.3 Å². The van der Waals surface area contributed by atoms with Gasteiger partial charge in [-0.3, -0.25) is 0 Å². The van der Waals surface area contributed by atoms with Crippen LogP contribution in [0.25, 0.3) is 11.1 Å². The summed E-state index contributed by atoms with van der Waals surface area (Å²) >= 11 is 0. The van der Waals surface area contributed by atoms with Gasteiger partial charge in [0.1, 0.15) is 75.9 Å². The Morgan fingerprint density at radius 3 is 0.818 bits per heavy atom. The van der Waals surface area contributed by atoms with E-state index in [2.05, 4.69) is 51.5 Å². The van der Waals surface area contributed by atoms with E-state index in [1.54, 1.807) is 6.92 Å². The van der Waals surface area contributed by atoms with Crippen molar-refractivity contribution in [3.63, 3.8) is 0 Å². The second-order valence-corrected chi connectivity index (χ2v) is 13.6. The van der Waals surface area contributed by atoms with Crippen LogP contribution in [0.4, 0.5) is 0 Å². The number of hydrogen-bond acceptors (Lipinski definition) is 14. The van der Waals surface area contributed by atoms with Gasteiger partial charge in [0.05, 0.1) is 6.61 Å². The Kier molecular flexibility index (Phi) is 25.5. The van der Waals surface area contributed by atoms with Crippen LogP contribution in [0.3, 0.4) is 0 Å². The molecule has 0 amide bonds. The van der Waals surface area contributed by atoms with Crippen molar-refractivity contribution in [1.29, 1.82) is 0 Å². The number of hydrogen-bond donors (Lipinski definition) is 0. The Hall–Kier alpha value is -7.87. The molecule has 0 radical (unpaired) electrons. The summed E-state index contributed by atoms with van der Waals surface area (Å²) < 4.78 is 46.1. The van der Waals surface area contributed by atoms with E-state index in [0.717, 1.165) is 52.6 Å². The van der Waals surface area contributed by atoms with E-state index in [-0.39, 0.29) is 64.2 Å². The van der Waals surface area contributed by atoms with Gasteiger partial charge in [0.2, 0.25) is 0 Å². The van der Waals surface area contributed by atoms with Gasteiger partial charge in [0.25, 0.3) is 0 Å². The summed E-state index contributed by atoms with van der Waals surface area (Å²) in [5.41, 5.74) is 4.08. The molecule has 0 aliphatic carbocycles. The second kappa shape index (κ2) is 31.1. The number of ether oxygens (including phenoxy) is 9. The molecule has 14 heteroatoms. The molecule has 4 aromatic carbocycles. The van der Waals surface area contributed by atoms with E-state index in [1.807, 2.05) is 97.1 Å². The molecule has 4 rings (SSSR count). The quantitative estimate of drug-likeness (QED) is 0.0268. The molecule has 350 valence electrons. The first-order valence-corrected chi connectivity index (χ1v) is 20.7. The van der Waals surface area contributed by atoms with Crippen LogP contribution in [-0.2, 0) is 53.1 Å². The van der Waals surface area contributed by atoms with E-state index in [4.69, 9.17) is 37.9 Å². The minimum atomic E-state index is -0.468. The molecule has 0 aromatic heterocycles. The SMILES string of the molecule is C=CC(=O)OCC.C=CC(=O)OCCOc1ccc(-c2ccc(OCCOC(=O)C=C)cc2)cc1.C=CC(=O)OCCOc1ccc(C(C)(C)c2ccc(OCCOC(=O)C=C)cc2)cc1. The van der Waals surface area contributed by atoms with Gasteiger partial charge in [-0.2, -0.15) is 0 Å². The molecule has 14 nitrogen and oxygen atoms in total. The number of rotatable bonds is 25. The molecule has 0 atom stereocenters. The molecule has 0 aliphatic heterocycles. The third-order valence-corrected chi connectivity index (χ3v) is 8.70. The van der Waals surface area contributed by atoms with E-state index in [0.29, 0.717) is 29.6 Å². The van der Waals surface area contributed by atoms with Gasteiger partial charge in [-0.1, -0.05) is 95.3 Å². The van der Waals surface area contributed by atoms with Crippen LogP contribution in [0.1, 0.15) is 31.9 Å². The maximum absolute atomic E-state index is 11.0. The fourth-order valence-corrected chi connectivity index (χ4v) is 5.23. The van der Waals surface area contributed by atoms with Crippen molar-refractivity contribution in [3.05, 3.63) is 171 Å². The summed E-state index contributed by atoms with van der Waals surface area (Å²) in [5.74, 6) is 0.558. The molecule has 0 heterocycles. The number of carbonyl (C=O) groups is 5. The maximum Gasteiger partial charge on any atom is 0.330 e. The van der Waals surface area contributed by atoms with Crippen LogP contribution in [0, 0.1) is 0 Å². The van der Waals surface area contributed by atoms with E-state index in [1.165, 1.54) is 0 Å². The minimum absolute atomic E-state index is 0.168. The molecular weight excluding hydrogens is 849 g/mol. The van der Waals surface area contributed by atoms with Gasteiger partial charge in [0, 0.05) is 35.8 Å². The number of carbonyl (C=O) groups excluding carboxylic acids is 5. The molecule has 0 fully saturated rings. The van der Waals surface area contributed by atoms with Gasteiger partial charge in [-0.25, -0.2) is 24.0 Å². The lowest BCUT2D eigenvalue weighted by molar-refractivity contribution is -0.139.